The Morgan fingerprint density at radius 3 is 2.37 bits per heavy atom. The van der Waals surface area contributed by atoms with Gasteiger partial charge in [-0.1, -0.05) is 11.6 Å². The molecule has 0 spiro atoms. The summed E-state index contributed by atoms with van der Waals surface area (Å²) in [5.74, 6) is 0. The van der Waals surface area contributed by atoms with Crippen molar-refractivity contribution in [3.63, 3.8) is 0 Å². The highest BCUT2D eigenvalue weighted by Crippen LogP contribution is 2.26. The monoisotopic (exact) mass is 308 g/mol. The summed E-state index contributed by atoms with van der Waals surface area (Å²) in [6.07, 6.45) is -0.491. The molecular formula is C11H17ClN2O4S. The third kappa shape index (κ3) is 4.32. The molecule has 8 heteroatoms. The molecule has 0 bridgehead atoms. The Bertz CT molecular complexity index is 531. The second kappa shape index (κ2) is 6.53. The first-order chi connectivity index (χ1) is 8.79. The molecule has 0 aliphatic heterocycles. The molecule has 1 atom stereocenters. The molecule has 3 N–H and O–H groups in total. The molecule has 108 valence electrons. The highest BCUT2D eigenvalue weighted by atomic mass is 35.5. The van der Waals surface area contributed by atoms with Crippen LogP contribution in [-0.2, 0) is 19.5 Å². The van der Waals surface area contributed by atoms with E-state index in [0.717, 1.165) is 0 Å². The Morgan fingerprint density at radius 1 is 1.32 bits per heavy atom. The fourth-order valence-electron chi connectivity index (χ4n) is 1.61. The lowest BCUT2D eigenvalue weighted by Gasteiger charge is -2.23. The summed E-state index contributed by atoms with van der Waals surface area (Å²) >= 11 is 6.00. The van der Waals surface area contributed by atoms with Crippen LogP contribution >= 0.6 is 11.6 Å². The zero-order valence-electron chi connectivity index (χ0n) is 10.9. The van der Waals surface area contributed by atoms with Crippen molar-refractivity contribution in [2.75, 3.05) is 19.5 Å². The molecule has 1 aromatic rings. The number of rotatable bonds is 6. The highest BCUT2D eigenvalue weighted by molar-refractivity contribution is 7.89. The number of ether oxygens (including phenoxy) is 2. The number of sulfonamides is 1. The first kappa shape index (κ1) is 16.2. The minimum absolute atomic E-state index is 0.0158. The second-order valence-corrected chi connectivity index (χ2v) is 5.93. The number of nitrogens with two attached hydrogens (primary N) is 1. The number of methoxy groups -OCH3 is 2. The van der Waals surface area contributed by atoms with Gasteiger partial charge in [-0.25, -0.2) is 13.6 Å². The topological polar surface area (TPSA) is 90.7 Å². The smallest absolute Gasteiger partial charge is 0.238 e. The maximum Gasteiger partial charge on any atom is 0.238 e. The zero-order valence-corrected chi connectivity index (χ0v) is 12.5. The van der Waals surface area contributed by atoms with Gasteiger partial charge in [0.1, 0.15) is 0 Å². The Kier molecular flexibility index (Phi) is 5.57. The molecule has 1 aromatic carbocycles. The fourth-order valence-corrected chi connectivity index (χ4v) is 2.32. The normalized spacial score (nSPS) is 13.6. The van der Waals surface area contributed by atoms with E-state index in [1.54, 1.807) is 0 Å². The molecule has 0 amide bonds. The van der Waals surface area contributed by atoms with E-state index in [4.69, 9.17) is 26.2 Å². The molecule has 6 nitrogen and oxygen atoms in total. The molecule has 0 aliphatic carbocycles. The van der Waals surface area contributed by atoms with Crippen molar-refractivity contribution in [3.8, 4) is 0 Å². The van der Waals surface area contributed by atoms with Crippen LogP contribution in [0.3, 0.4) is 0 Å². The average molecular weight is 309 g/mol. The van der Waals surface area contributed by atoms with E-state index in [1.165, 1.54) is 32.4 Å². The molecule has 1 rings (SSSR count). The number of anilines is 1. The van der Waals surface area contributed by atoms with Gasteiger partial charge >= 0.3 is 0 Å². The van der Waals surface area contributed by atoms with Crippen LogP contribution in [-0.4, -0.2) is 35.0 Å². The summed E-state index contributed by atoms with van der Waals surface area (Å²) in [4.78, 5) is -0.0158. The zero-order chi connectivity index (χ0) is 14.6. The summed E-state index contributed by atoms with van der Waals surface area (Å²) in [5, 5.41) is 8.47. The van der Waals surface area contributed by atoms with Gasteiger partial charge in [-0.15, -0.1) is 0 Å². The molecule has 0 fully saturated rings. The highest BCUT2D eigenvalue weighted by Gasteiger charge is 2.18. The number of hydrogen-bond acceptors (Lipinski definition) is 5. The minimum Gasteiger partial charge on any atom is -0.376 e. The molecule has 1 unspecified atom stereocenters. The second-order valence-electron chi connectivity index (χ2n) is 3.96. The van der Waals surface area contributed by atoms with Gasteiger partial charge in [-0.2, -0.15) is 0 Å². The van der Waals surface area contributed by atoms with Gasteiger partial charge in [0, 0.05) is 14.2 Å². The van der Waals surface area contributed by atoms with Crippen molar-refractivity contribution < 1.29 is 17.9 Å². The van der Waals surface area contributed by atoms with Gasteiger partial charge in [0.25, 0.3) is 0 Å². The lowest BCUT2D eigenvalue weighted by molar-refractivity contribution is -0.109. The Morgan fingerprint density at radius 2 is 1.89 bits per heavy atom. The molecule has 0 aliphatic rings. The molecule has 0 saturated heterocycles. The number of hydrogen-bond donors (Lipinski definition) is 2. The molecular weight excluding hydrogens is 292 g/mol. The predicted molar refractivity (Wildman–Crippen MR) is 73.7 cm³/mol. The van der Waals surface area contributed by atoms with E-state index in [1.807, 2.05) is 6.92 Å². The van der Waals surface area contributed by atoms with E-state index in [-0.39, 0.29) is 10.9 Å². The van der Waals surface area contributed by atoms with E-state index in [0.29, 0.717) is 10.7 Å². The van der Waals surface area contributed by atoms with Gasteiger partial charge in [0.15, 0.2) is 6.29 Å². The number of halogens is 1. The summed E-state index contributed by atoms with van der Waals surface area (Å²) in [6, 6.07) is 3.95. The van der Waals surface area contributed by atoms with Gasteiger partial charge in [0.2, 0.25) is 10.0 Å². The molecule has 0 heterocycles. The van der Waals surface area contributed by atoms with Crippen LogP contribution in [0.1, 0.15) is 6.92 Å². The minimum atomic E-state index is -3.77. The molecule has 19 heavy (non-hydrogen) atoms. The van der Waals surface area contributed by atoms with Crippen LogP contribution in [0.4, 0.5) is 5.69 Å². The van der Waals surface area contributed by atoms with Crippen molar-refractivity contribution in [1.82, 2.24) is 0 Å². The number of nitrogens with one attached hydrogen (secondary N) is 1. The quantitative estimate of drug-likeness (QED) is 0.775. The van der Waals surface area contributed by atoms with Crippen LogP contribution in [0.15, 0.2) is 23.1 Å². The van der Waals surface area contributed by atoms with Gasteiger partial charge in [0.05, 0.1) is 21.6 Å². The van der Waals surface area contributed by atoms with Crippen molar-refractivity contribution in [2.24, 2.45) is 5.14 Å². The van der Waals surface area contributed by atoms with Crippen LogP contribution < -0.4 is 10.5 Å². The van der Waals surface area contributed by atoms with Crippen LogP contribution in [0.2, 0.25) is 5.02 Å². The van der Waals surface area contributed by atoms with Crippen LogP contribution in [0.5, 0.6) is 0 Å². The Hall–Kier alpha value is -0.860. The maximum absolute atomic E-state index is 11.3. The summed E-state index contributed by atoms with van der Waals surface area (Å²) in [7, 11) is -0.753. The van der Waals surface area contributed by atoms with E-state index >= 15 is 0 Å². The molecule has 0 radical (unpaired) electrons. The third-order valence-electron chi connectivity index (χ3n) is 2.52. The Labute approximate surface area is 117 Å². The first-order valence-corrected chi connectivity index (χ1v) is 7.36. The van der Waals surface area contributed by atoms with Gasteiger partial charge in [-0.05, 0) is 25.1 Å². The van der Waals surface area contributed by atoms with Gasteiger partial charge < -0.3 is 14.8 Å². The number of benzene rings is 1. The largest absolute Gasteiger partial charge is 0.376 e. The van der Waals surface area contributed by atoms with Crippen LogP contribution in [0, 0.1) is 0 Å². The van der Waals surface area contributed by atoms with Gasteiger partial charge in [-0.3, -0.25) is 0 Å². The lowest BCUT2D eigenvalue weighted by atomic mass is 10.2. The van der Waals surface area contributed by atoms with E-state index in [9.17, 15) is 8.42 Å². The summed E-state index contributed by atoms with van der Waals surface area (Å²) < 4.78 is 32.8. The van der Waals surface area contributed by atoms with Crippen molar-refractivity contribution in [1.29, 1.82) is 0 Å². The van der Waals surface area contributed by atoms with Crippen molar-refractivity contribution in [2.45, 2.75) is 24.2 Å². The lowest BCUT2D eigenvalue weighted by Crippen LogP contribution is -2.33. The Balaban J connectivity index is 3.01. The van der Waals surface area contributed by atoms with Crippen LogP contribution in [0.25, 0.3) is 0 Å². The fraction of sp³-hybridized carbons (Fsp3) is 0.455. The van der Waals surface area contributed by atoms with E-state index < -0.39 is 16.3 Å². The SMILES string of the molecule is COC(OC)C(C)Nc1cc(S(N)(=O)=O)ccc1Cl. The summed E-state index contributed by atoms with van der Waals surface area (Å²) in [6.45, 7) is 1.82. The molecule has 0 aromatic heterocycles. The van der Waals surface area contributed by atoms with Crippen molar-refractivity contribution in [3.05, 3.63) is 23.2 Å². The average Bonchev–Trinajstić information content (AvgIpc) is 2.32. The molecule has 0 saturated carbocycles. The van der Waals surface area contributed by atoms with E-state index in [2.05, 4.69) is 5.32 Å². The van der Waals surface area contributed by atoms with Crippen molar-refractivity contribution >= 4 is 27.3 Å². The maximum atomic E-state index is 11.3. The number of primary sulfonamides is 1. The third-order valence-corrected chi connectivity index (χ3v) is 3.76. The summed E-state index contributed by atoms with van der Waals surface area (Å²) in [5.41, 5.74) is 0.444. The standard InChI is InChI=1S/C11H17ClN2O4S/c1-7(11(17-2)18-3)14-10-6-8(19(13,15)16)4-5-9(10)12/h4-7,11,14H,1-3H3,(H2,13,15,16). The first-order valence-electron chi connectivity index (χ1n) is 5.44. The predicted octanol–water partition coefficient (Wildman–Crippen LogP) is 1.41.